The molecule has 8 nitrogen and oxygen atoms in total. The summed E-state index contributed by atoms with van der Waals surface area (Å²) in [5.41, 5.74) is 0.870. The molecule has 8 heteroatoms. The van der Waals surface area contributed by atoms with Gasteiger partial charge in [0.1, 0.15) is 19.1 Å². The lowest BCUT2D eigenvalue weighted by Crippen LogP contribution is -2.24. The Balaban J connectivity index is 1.68. The number of aromatic nitrogens is 2. The molecule has 3 rings (SSSR count). The molecule has 0 saturated carbocycles. The zero-order valence-electron chi connectivity index (χ0n) is 12.2. The molecule has 1 atom stereocenters. The van der Waals surface area contributed by atoms with Crippen LogP contribution in [-0.4, -0.2) is 41.1 Å². The number of esters is 1. The van der Waals surface area contributed by atoms with Crippen LogP contribution in [0, 0.1) is 5.92 Å². The Morgan fingerprint density at radius 1 is 1.41 bits per heavy atom. The summed E-state index contributed by atoms with van der Waals surface area (Å²) < 4.78 is 20.7. The van der Waals surface area contributed by atoms with Crippen LogP contribution in [0.15, 0.2) is 32.7 Å². The largest absolute Gasteiger partial charge is 0.473 e. The molecule has 0 fully saturated rings. The Labute approximate surface area is 126 Å². The van der Waals surface area contributed by atoms with Gasteiger partial charge in [-0.1, -0.05) is 13.8 Å². The van der Waals surface area contributed by atoms with Crippen LogP contribution < -0.4 is 0 Å². The summed E-state index contributed by atoms with van der Waals surface area (Å²) in [5, 5.41) is 0. The molecule has 2 aromatic rings. The van der Waals surface area contributed by atoms with Gasteiger partial charge in [-0.15, -0.1) is 0 Å². The number of carbonyl (C=O) groups excluding carboxylic acids is 1. The highest BCUT2D eigenvalue weighted by Crippen LogP contribution is 2.19. The highest BCUT2D eigenvalue weighted by Gasteiger charge is 2.29. The van der Waals surface area contributed by atoms with Crippen molar-refractivity contribution in [3.8, 4) is 11.6 Å². The highest BCUT2D eigenvalue weighted by atomic mass is 16.5. The third-order valence-electron chi connectivity index (χ3n) is 2.86. The minimum Gasteiger partial charge on any atom is -0.473 e. The molecule has 0 spiro atoms. The molecule has 0 bridgehead atoms. The van der Waals surface area contributed by atoms with Crippen LogP contribution in [-0.2, 0) is 14.3 Å². The van der Waals surface area contributed by atoms with Gasteiger partial charge >= 0.3 is 5.97 Å². The minimum atomic E-state index is -0.666. The van der Waals surface area contributed by atoms with Crippen molar-refractivity contribution in [1.82, 2.24) is 9.97 Å². The van der Waals surface area contributed by atoms with Crippen LogP contribution in [0.5, 0.6) is 0 Å². The number of hydrogen-bond acceptors (Lipinski definition) is 8. The summed E-state index contributed by atoms with van der Waals surface area (Å²) in [4.78, 5) is 24.2. The second-order valence-corrected chi connectivity index (χ2v) is 5.20. The Morgan fingerprint density at radius 2 is 2.27 bits per heavy atom. The number of carbonyl (C=O) groups is 1. The van der Waals surface area contributed by atoms with Crippen molar-refractivity contribution in [3.63, 3.8) is 0 Å². The molecule has 0 N–H and O–H groups in total. The Morgan fingerprint density at radius 3 is 3.00 bits per heavy atom. The number of oxazole rings is 2. The number of aliphatic imine (C=N–C) groups is 1. The van der Waals surface area contributed by atoms with Gasteiger partial charge in [0.15, 0.2) is 23.8 Å². The molecular formula is C14H15N3O5. The minimum absolute atomic E-state index is 0.137. The van der Waals surface area contributed by atoms with Gasteiger partial charge in [-0.2, -0.15) is 0 Å². The van der Waals surface area contributed by atoms with Crippen molar-refractivity contribution in [1.29, 1.82) is 0 Å². The fourth-order valence-corrected chi connectivity index (χ4v) is 1.79. The van der Waals surface area contributed by atoms with E-state index in [4.69, 9.17) is 18.3 Å². The first-order valence-electron chi connectivity index (χ1n) is 6.85. The maximum Gasteiger partial charge on any atom is 0.334 e. The van der Waals surface area contributed by atoms with Gasteiger partial charge in [-0.3, -0.25) is 0 Å². The Bertz CT molecular complexity index is 674. The number of ether oxygens (including phenoxy) is 2. The van der Waals surface area contributed by atoms with E-state index < -0.39 is 12.0 Å². The summed E-state index contributed by atoms with van der Waals surface area (Å²) >= 11 is 0. The van der Waals surface area contributed by atoms with E-state index in [2.05, 4.69) is 15.0 Å². The predicted octanol–water partition coefficient (Wildman–Crippen LogP) is 1.67. The molecule has 2 aromatic heterocycles. The first-order valence-corrected chi connectivity index (χ1v) is 6.85. The van der Waals surface area contributed by atoms with E-state index in [1.54, 1.807) is 0 Å². The number of hydrogen-bond donors (Lipinski definition) is 0. The van der Waals surface area contributed by atoms with Crippen molar-refractivity contribution < 1.29 is 23.1 Å². The maximum absolute atomic E-state index is 11.8. The SMILES string of the molecule is CC(C)COC(=O)C1COC(c2coc(-c3cocn3)n2)=N1. The van der Waals surface area contributed by atoms with Gasteiger partial charge in [-0.05, 0) is 5.92 Å². The number of rotatable bonds is 5. The molecule has 1 aliphatic rings. The van der Waals surface area contributed by atoms with Gasteiger partial charge in [0.25, 0.3) is 0 Å². The molecule has 116 valence electrons. The van der Waals surface area contributed by atoms with Gasteiger partial charge in [0.05, 0.1) is 6.61 Å². The van der Waals surface area contributed by atoms with Gasteiger partial charge in [0, 0.05) is 0 Å². The van der Waals surface area contributed by atoms with Crippen molar-refractivity contribution in [2.75, 3.05) is 13.2 Å². The van der Waals surface area contributed by atoms with Crippen LogP contribution in [0.1, 0.15) is 19.5 Å². The zero-order valence-corrected chi connectivity index (χ0v) is 12.2. The van der Waals surface area contributed by atoms with E-state index in [0.717, 1.165) is 0 Å². The summed E-state index contributed by atoms with van der Waals surface area (Å²) in [6.45, 7) is 4.43. The van der Waals surface area contributed by atoms with E-state index in [1.807, 2.05) is 13.8 Å². The molecule has 1 unspecified atom stereocenters. The molecule has 1 aliphatic heterocycles. The van der Waals surface area contributed by atoms with E-state index in [1.165, 1.54) is 18.9 Å². The fourth-order valence-electron chi connectivity index (χ4n) is 1.79. The Kier molecular flexibility index (Phi) is 3.90. The van der Waals surface area contributed by atoms with Crippen LogP contribution in [0.2, 0.25) is 0 Å². The fraction of sp³-hybridized carbons (Fsp3) is 0.429. The summed E-state index contributed by atoms with van der Waals surface area (Å²) in [6, 6.07) is -0.666. The molecule has 3 heterocycles. The first-order chi connectivity index (χ1) is 10.6. The second kappa shape index (κ2) is 6.00. The van der Waals surface area contributed by atoms with Crippen molar-refractivity contribution >= 4 is 11.9 Å². The van der Waals surface area contributed by atoms with Gasteiger partial charge < -0.3 is 18.3 Å². The molecule has 0 saturated heterocycles. The lowest BCUT2D eigenvalue weighted by atomic mass is 10.2. The molecule has 0 aromatic carbocycles. The smallest absolute Gasteiger partial charge is 0.334 e. The van der Waals surface area contributed by atoms with Crippen molar-refractivity contribution in [2.45, 2.75) is 19.9 Å². The average Bonchev–Trinajstić information content (AvgIpc) is 3.23. The second-order valence-electron chi connectivity index (χ2n) is 5.20. The van der Waals surface area contributed by atoms with E-state index in [9.17, 15) is 4.79 Å². The molecular weight excluding hydrogens is 290 g/mol. The highest BCUT2D eigenvalue weighted by molar-refractivity contribution is 5.96. The maximum atomic E-state index is 11.8. The predicted molar refractivity (Wildman–Crippen MR) is 74.1 cm³/mol. The molecule has 0 amide bonds. The summed E-state index contributed by atoms with van der Waals surface area (Å²) in [7, 11) is 0. The topological polar surface area (TPSA) is 100.0 Å². The van der Waals surface area contributed by atoms with Crippen molar-refractivity contribution in [3.05, 3.63) is 24.6 Å². The molecule has 0 radical (unpaired) electrons. The average molecular weight is 305 g/mol. The van der Waals surface area contributed by atoms with E-state index in [0.29, 0.717) is 23.9 Å². The van der Waals surface area contributed by atoms with Crippen LogP contribution >= 0.6 is 0 Å². The number of nitrogens with zero attached hydrogens (tertiary/aromatic N) is 3. The third kappa shape index (κ3) is 3.00. The van der Waals surface area contributed by atoms with E-state index >= 15 is 0 Å². The summed E-state index contributed by atoms with van der Waals surface area (Å²) in [6.07, 6.45) is 4.09. The van der Waals surface area contributed by atoms with Crippen molar-refractivity contribution in [2.24, 2.45) is 10.9 Å². The Hall–Kier alpha value is -2.64. The third-order valence-corrected chi connectivity index (χ3v) is 2.86. The quantitative estimate of drug-likeness (QED) is 0.774. The van der Waals surface area contributed by atoms with Crippen LogP contribution in [0.4, 0.5) is 0 Å². The summed E-state index contributed by atoms with van der Waals surface area (Å²) in [5.74, 6) is 0.421. The van der Waals surface area contributed by atoms with E-state index in [-0.39, 0.29) is 18.4 Å². The normalized spacial score (nSPS) is 17.4. The monoisotopic (exact) mass is 305 g/mol. The van der Waals surface area contributed by atoms with Crippen LogP contribution in [0.3, 0.4) is 0 Å². The molecule has 0 aliphatic carbocycles. The molecule has 22 heavy (non-hydrogen) atoms. The lowest BCUT2D eigenvalue weighted by Gasteiger charge is -2.08. The zero-order chi connectivity index (χ0) is 15.5. The van der Waals surface area contributed by atoms with Gasteiger partial charge in [0.2, 0.25) is 11.8 Å². The first kappa shape index (κ1) is 14.3. The van der Waals surface area contributed by atoms with Gasteiger partial charge in [-0.25, -0.2) is 19.8 Å². The lowest BCUT2D eigenvalue weighted by molar-refractivity contribution is -0.146. The van der Waals surface area contributed by atoms with Crippen LogP contribution in [0.25, 0.3) is 11.6 Å². The standard InChI is InChI=1S/C14H15N3O5/c1-8(2)3-22-14(18)11-6-21-13(17-11)10-5-20-12(16-10)9-4-19-7-15-9/h4-5,7-8,11H,3,6H2,1-2H3.